The van der Waals surface area contributed by atoms with Crippen LogP contribution >= 0.6 is 12.2 Å². The molecule has 0 fully saturated rings. The van der Waals surface area contributed by atoms with Crippen molar-refractivity contribution in [2.45, 2.75) is 33.4 Å². The van der Waals surface area contributed by atoms with Crippen LogP contribution in [0, 0.1) is 0 Å². The number of H-pyrrole nitrogens is 1. The maximum Gasteiger partial charge on any atom is 0.174 e. The molecule has 0 radical (unpaired) electrons. The van der Waals surface area contributed by atoms with Crippen LogP contribution in [0.4, 0.5) is 5.69 Å². The maximum atomic E-state index is 5.72. The average Bonchev–Trinajstić information content (AvgIpc) is 3.04. The lowest BCUT2D eigenvalue weighted by Crippen LogP contribution is -2.39. The van der Waals surface area contributed by atoms with Gasteiger partial charge in [-0.2, -0.15) is 0 Å². The molecule has 0 atom stereocenters. The lowest BCUT2D eigenvalue weighted by atomic mass is 10.1. The first kappa shape index (κ1) is 18.3. The second-order valence-corrected chi connectivity index (χ2v) is 6.83. The Bertz CT molecular complexity index is 888. The minimum Gasteiger partial charge on any atom is -0.492 e. The molecule has 0 bridgehead atoms. The molecule has 0 saturated heterocycles. The summed E-state index contributed by atoms with van der Waals surface area (Å²) in [5.41, 5.74) is 3.27. The van der Waals surface area contributed by atoms with Crippen LogP contribution in [-0.4, -0.2) is 27.6 Å². The van der Waals surface area contributed by atoms with E-state index in [9.17, 15) is 0 Å². The van der Waals surface area contributed by atoms with Crippen molar-refractivity contribution in [3.8, 4) is 5.75 Å². The zero-order valence-corrected chi connectivity index (χ0v) is 16.3. The summed E-state index contributed by atoms with van der Waals surface area (Å²) in [6, 6.07) is 16.5. The summed E-state index contributed by atoms with van der Waals surface area (Å²) in [7, 11) is 0. The van der Waals surface area contributed by atoms with E-state index in [1.54, 1.807) is 0 Å². The minimum absolute atomic E-state index is 0.267. The largest absolute Gasteiger partial charge is 0.492 e. The summed E-state index contributed by atoms with van der Waals surface area (Å²) in [5, 5.41) is 5.28. The van der Waals surface area contributed by atoms with Gasteiger partial charge >= 0.3 is 0 Å². The summed E-state index contributed by atoms with van der Waals surface area (Å²) in [6.07, 6.45) is 2.07. The number of nitrogens with zero attached hydrogens (tertiary/aromatic N) is 1. The molecule has 0 aliphatic carbocycles. The van der Waals surface area contributed by atoms with Crippen molar-refractivity contribution in [1.82, 2.24) is 9.88 Å². The second kappa shape index (κ2) is 8.23. The molecule has 1 aromatic heterocycles. The molecule has 26 heavy (non-hydrogen) atoms. The first-order chi connectivity index (χ1) is 12.6. The van der Waals surface area contributed by atoms with Gasteiger partial charge in [-0.3, -0.25) is 0 Å². The third-order valence-corrected chi connectivity index (χ3v) is 4.66. The number of hydrogen-bond donors (Lipinski definition) is 2. The van der Waals surface area contributed by atoms with Gasteiger partial charge in [-0.15, -0.1) is 0 Å². The molecule has 0 amide bonds. The number of para-hydroxylation sites is 3. The van der Waals surface area contributed by atoms with Crippen molar-refractivity contribution in [3.63, 3.8) is 0 Å². The summed E-state index contributed by atoms with van der Waals surface area (Å²) in [6.45, 7) is 7.64. The van der Waals surface area contributed by atoms with Gasteiger partial charge in [-0.1, -0.05) is 30.3 Å². The number of thiocarbonyl (C=S) groups is 1. The molecule has 3 aromatic rings. The Kier molecular flexibility index (Phi) is 5.78. The lowest BCUT2D eigenvalue weighted by molar-refractivity contribution is 0.340. The molecule has 2 aromatic carbocycles. The van der Waals surface area contributed by atoms with Crippen LogP contribution in [0.3, 0.4) is 0 Å². The lowest BCUT2D eigenvalue weighted by Gasteiger charge is -2.30. The summed E-state index contributed by atoms with van der Waals surface area (Å²) >= 11 is 5.72. The molecule has 0 aliphatic heterocycles. The number of anilines is 1. The van der Waals surface area contributed by atoms with Gasteiger partial charge in [0.1, 0.15) is 5.75 Å². The van der Waals surface area contributed by atoms with Crippen molar-refractivity contribution in [1.29, 1.82) is 0 Å². The van der Waals surface area contributed by atoms with Crippen LogP contribution in [0.5, 0.6) is 5.75 Å². The Morgan fingerprint density at radius 2 is 1.88 bits per heavy atom. The Balaban J connectivity index is 1.81. The van der Waals surface area contributed by atoms with E-state index in [-0.39, 0.29) is 6.04 Å². The predicted molar refractivity (Wildman–Crippen MR) is 113 cm³/mol. The Morgan fingerprint density at radius 3 is 2.65 bits per heavy atom. The monoisotopic (exact) mass is 367 g/mol. The fourth-order valence-corrected chi connectivity index (χ4v) is 3.36. The molecule has 0 spiro atoms. The standard InChI is InChI=1S/C21H25N3OS/c1-4-25-20-12-8-7-11-19(20)23-21(26)24(15(2)3)14-16-13-22-18-10-6-5-9-17(16)18/h5-13,15,22H,4,14H2,1-3H3,(H,23,26). The first-order valence-electron chi connectivity index (χ1n) is 8.94. The molecule has 2 N–H and O–H groups in total. The highest BCUT2D eigenvalue weighted by Crippen LogP contribution is 2.25. The summed E-state index contributed by atoms with van der Waals surface area (Å²) < 4.78 is 5.70. The highest BCUT2D eigenvalue weighted by molar-refractivity contribution is 7.80. The van der Waals surface area contributed by atoms with Crippen LogP contribution in [0.2, 0.25) is 0 Å². The third-order valence-electron chi connectivity index (χ3n) is 4.33. The van der Waals surface area contributed by atoms with Gasteiger partial charge < -0.3 is 19.9 Å². The zero-order valence-electron chi connectivity index (χ0n) is 15.5. The molecule has 1 heterocycles. The molecular weight excluding hydrogens is 342 g/mol. The molecule has 0 aliphatic rings. The fraction of sp³-hybridized carbons (Fsp3) is 0.286. The Hall–Kier alpha value is -2.53. The summed E-state index contributed by atoms with van der Waals surface area (Å²) in [4.78, 5) is 5.52. The SMILES string of the molecule is CCOc1ccccc1NC(=S)N(Cc1c[nH]c2ccccc12)C(C)C. The predicted octanol–water partition coefficient (Wildman–Crippen LogP) is 5.17. The van der Waals surface area contributed by atoms with Crippen molar-refractivity contribution < 1.29 is 4.74 Å². The smallest absolute Gasteiger partial charge is 0.174 e. The van der Waals surface area contributed by atoms with E-state index in [0.29, 0.717) is 11.7 Å². The number of fused-ring (bicyclic) bond motifs is 1. The van der Waals surface area contributed by atoms with Crippen LogP contribution in [0.1, 0.15) is 26.3 Å². The van der Waals surface area contributed by atoms with Crippen LogP contribution in [0.25, 0.3) is 10.9 Å². The number of ether oxygens (including phenoxy) is 1. The number of benzene rings is 2. The van der Waals surface area contributed by atoms with Crippen LogP contribution in [0.15, 0.2) is 54.7 Å². The Morgan fingerprint density at radius 1 is 1.15 bits per heavy atom. The van der Waals surface area contributed by atoms with E-state index in [4.69, 9.17) is 17.0 Å². The van der Waals surface area contributed by atoms with Crippen LogP contribution in [-0.2, 0) is 6.54 Å². The van der Waals surface area contributed by atoms with Gasteiger partial charge in [-0.25, -0.2) is 0 Å². The average molecular weight is 368 g/mol. The molecule has 0 unspecified atom stereocenters. The van der Waals surface area contributed by atoms with E-state index in [2.05, 4.69) is 53.4 Å². The molecule has 3 rings (SSSR count). The van der Waals surface area contributed by atoms with E-state index < -0.39 is 0 Å². The topological polar surface area (TPSA) is 40.3 Å². The number of aromatic nitrogens is 1. The Labute approximate surface area is 160 Å². The highest BCUT2D eigenvalue weighted by Gasteiger charge is 2.17. The molecule has 5 heteroatoms. The van der Waals surface area contributed by atoms with Crippen molar-refractivity contribution >= 4 is 33.9 Å². The number of hydrogen-bond acceptors (Lipinski definition) is 2. The van der Waals surface area contributed by atoms with Gasteiger partial charge in [-0.05, 0) is 56.8 Å². The van der Waals surface area contributed by atoms with E-state index >= 15 is 0 Å². The van der Waals surface area contributed by atoms with E-state index in [1.165, 1.54) is 10.9 Å². The van der Waals surface area contributed by atoms with Gasteiger partial charge in [0.05, 0.1) is 12.3 Å². The maximum absolute atomic E-state index is 5.72. The van der Waals surface area contributed by atoms with Gasteiger partial charge in [0, 0.05) is 29.7 Å². The highest BCUT2D eigenvalue weighted by atomic mass is 32.1. The fourth-order valence-electron chi connectivity index (χ4n) is 2.97. The number of aromatic amines is 1. The summed E-state index contributed by atoms with van der Waals surface area (Å²) in [5.74, 6) is 0.813. The van der Waals surface area contributed by atoms with Crippen LogP contribution < -0.4 is 10.1 Å². The van der Waals surface area contributed by atoms with Gasteiger partial charge in [0.2, 0.25) is 0 Å². The van der Waals surface area contributed by atoms with Crippen molar-refractivity contribution in [3.05, 3.63) is 60.3 Å². The zero-order chi connectivity index (χ0) is 18.5. The third kappa shape index (κ3) is 3.99. The first-order valence-corrected chi connectivity index (χ1v) is 9.35. The van der Waals surface area contributed by atoms with E-state index in [1.807, 2.05) is 37.3 Å². The minimum atomic E-state index is 0.267. The molecule has 136 valence electrons. The second-order valence-electron chi connectivity index (χ2n) is 6.44. The normalized spacial score (nSPS) is 10.9. The number of rotatable bonds is 6. The molecule has 4 nitrogen and oxygen atoms in total. The molecular formula is C21H25N3OS. The quantitative estimate of drug-likeness (QED) is 0.589. The van der Waals surface area contributed by atoms with Crippen molar-refractivity contribution in [2.75, 3.05) is 11.9 Å². The molecule has 0 saturated carbocycles. The van der Waals surface area contributed by atoms with Gasteiger partial charge in [0.15, 0.2) is 5.11 Å². The number of nitrogens with one attached hydrogen (secondary N) is 2. The van der Waals surface area contributed by atoms with Crippen molar-refractivity contribution in [2.24, 2.45) is 0 Å². The van der Waals surface area contributed by atoms with E-state index in [0.717, 1.165) is 23.5 Å². The van der Waals surface area contributed by atoms with Gasteiger partial charge in [0.25, 0.3) is 0 Å².